The molecule has 2 rings (SSSR count). The van der Waals surface area contributed by atoms with Gasteiger partial charge in [0.05, 0.1) is 0 Å². The number of nitrogens with two attached hydrogens (primary N) is 1. The Hall–Kier alpha value is -0.721. The van der Waals surface area contributed by atoms with Crippen LogP contribution < -0.4 is 21.6 Å². The molecule has 0 saturated heterocycles. The SMILES string of the molecule is NC(=[SH+])[N-]NC=C1C=c2ccccc2=CC1=O.[Cl][Fe][Cl]. The second kappa shape index (κ2) is 9.26. The molecule has 0 radical (unpaired) electrons. The predicted octanol–water partition coefficient (Wildman–Crippen LogP) is 0.294. The van der Waals surface area contributed by atoms with E-state index in [-0.39, 0.29) is 24.0 Å². The van der Waals surface area contributed by atoms with Crippen LogP contribution in [0.2, 0.25) is 0 Å². The monoisotopic (exact) mass is 371 g/mol. The van der Waals surface area contributed by atoms with Crippen molar-refractivity contribution in [1.29, 1.82) is 0 Å². The summed E-state index contributed by atoms with van der Waals surface area (Å²) >= 11 is 3.99. The van der Waals surface area contributed by atoms with E-state index >= 15 is 0 Å². The van der Waals surface area contributed by atoms with E-state index in [2.05, 4.69) is 23.1 Å². The number of ketones is 1. The van der Waals surface area contributed by atoms with E-state index in [0.717, 1.165) is 10.4 Å². The predicted molar refractivity (Wildman–Crippen MR) is 83.9 cm³/mol. The summed E-state index contributed by atoms with van der Waals surface area (Å²) in [6.07, 6.45) is 4.89. The number of benzene rings is 1. The molecule has 0 bridgehead atoms. The molecule has 0 fully saturated rings. The first-order chi connectivity index (χ1) is 9.58. The summed E-state index contributed by atoms with van der Waals surface area (Å²) in [5.41, 5.74) is 12.0. The fraction of sp³-hybridized carbons (Fsp3) is 0. The summed E-state index contributed by atoms with van der Waals surface area (Å²) in [5.74, 6) is -0.0656. The van der Waals surface area contributed by atoms with Crippen LogP contribution in [0.3, 0.4) is 0 Å². The molecule has 8 heteroatoms. The van der Waals surface area contributed by atoms with Crippen molar-refractivity contribution in [3.8, 4) is 0 Å². The normalized spacial score (nSPS) is 14.6. The van der Waals surface area contributed by atoms with Crippen LogP contribution in [0.25, 0.3) is 17.6 Å². The number of Topliss-reactive ketones (excluding diaryl/α,β-unsaturated/α-hetero) is 1. The minimum absolute atomic E-state index is 0.0656. The number of halogens is 2. The van der Waals surface area contributed by atoms with Crippen LogP contribution in [0, 0.1) is 0 Å². The number of carbonyl (C=O) groups is 1. The molecule has 0 amide bonds. The fourth-order valence-corrected chi connectivity index (χ4v) is 1.58. The minimum atomic E-state index is -0.0656. The molecular weight excluding hydrogens is 361 g/mol. The molecule has 1 aliphatic carbocycles. The van der Waals surface area contributed by atoms with E-state index in [0.29, 0.717) is 5.57 Å². The molecular formula is C12H11Cl2FeN3OS. The van der Waals surface area contributed by atoms with Gasteiger partial charge in [0.1, 0.15) is 0 Å². The van der Waals surface area contributed by atoms with Crippen LogP contribution in [0.15, 0.2) is 36.0 Å². The van der Waals surface area contributed by atoms with Gasteiger partial charge in [-0.05, 0) is 28.8 Å². The topological polar surface area (TPSA) is 69.2 Å². The number of nitrogens with one attached hydrogen (secondary N) is 1. The molecule has 0 unspecified atom stereocenters. The molecule has 0 saturated carbocycles. The summed E-state index contributed by atoms with van der Waals surface area (Å²) in [6.45, 7) is 0. The number of fused-ring (bicyclic) bond motifs is 1. The Morgan fingerprint density at radius 3 is 2.40 bits per heavy atom. The molecule has 0 spiro atoms. The Morgan fingerprint density at radius 1 is 1.30 bits per heavy atom. The van der Waals surface area contributed by atoms with Gasteiger partial charge < -0.3 is 10.9 Å². The fourth-order valence-electron chi connectivity index (χ4n) is 1.52. The van der Waals surface area contributed by atoms with Crippen LogP contribution in [0.4, 0.5) is 0 Å². The van der Waals surface area contributed by atoms with Crippen LogP contribution in [-0.4, -0.2) is 10.9 Å². The number of rotatable bonds is 2. The zero-order valence-corrected chi connectivity index (χ0v) is 13.5. The molecule has 108 valence electrons. The van der Waals surface area contributed by atoms with Crippen molar-refractivity contribution in [2.24, 2.45) is 5.73 Å². The van der Waals surface area contributed by atoms with Crippen LogP contribution in [0.5, 0.6) is 0 Å². The zero-order chi connectivity index (χ0) is 15.0. The van der Waals surface area contributed by atoms with Gasteiger partial charge in [0, 0.05) is 5.57 Å². The van der Waals surface area contributed by atoms with E-state index in [1.165, 1.54) is 6.20 Å². The van der Waals surface area contributed by atoms with Crippen molar-refractivity contribution in [1.82, 2.24) is 5.43 Å². The number of thiol groups is 1. The maximum atomic E-state index is 11.7. The van der Waals surface area contributed by atoms with Crippen molar-refractivity contribution >= 4 is 55.5 Å². The molecule has 0 aliphatic heterocycles. The standard InChI is InChI=1S/C12H11N3OS.2ClH.Fe/c13-12(17)15-14-7-10-5-8-3-1-2-4-9(8)6-11(10)16;;;/h1-7H,(H4,13,14,15,16,17);2*1H;/q;;;+2/p-2. The Morgan fingerprint density at radius 2 is 1.85 bits per heavy atom. The van der Waals surface area contributed by atoms with Crippen LogP contribution >= 0.6 is 20.2 Å². The van der Waals surface area contributed by atoms with Gasteiger partial charge in [-0.2, -0.15) is 0 Å². The van der Waals surface area contributed by atoms with Gasteiger partial charge in [0.15, 0.2) is 23.1 Å². The summed E-state index contributed by atoms with van der Waals surface area (Å²) < 4.78 is 0. The second-order valence-corrected chi connectivity index (χ2v) is 5.81. The van der Waals surface area contributed by atoms with E-state index in [1.54, 1.807) is 12.2 Å². The molecule has 3 N–H and O–H groups in total. The average molecular weight is 372 g/mol. The van der Waals surface area contributed by atoms with E-state index in [4.69, 9.17) is 25.9 Å². The Labute approximate surface area is 136 Å². The van der Waals surface area contributed by atoms with Gasteiger partial charge in [-0.15, -0.1) is 0 Å². The molecule has 0 atom stereocenters. The van der Waals surface area contributed by atoms with Crippen molar-refractivity contribution < 1.29 is 17.9 Å². The molecule has 1 aromatic carbocycles. The van der Waals surface area contributed by atoms with Crippen LogP contribution in [-0.2, 0) is 30.1 Å². The first-order valence-corrected chi connectivity index (χ1v) is 8.73. The van der Waals surface area contributed by atoms with Gasteiger partial charge in [-0.25, -0.2) is 0 Å². The van der Waals surface area contributed by atoms with E-state index in [9.17, 15) is 4.79 Å². The number of hydrogen-bond acceptors (Lipinski definition) is 2. The number of hydrogen-bond donors (Lipinski definition) is 2. The third-order valence-corrected chi connectivity index (χ3v) is 2.38. The van der Waals surface area contributed by atoms with Crippen LogP contribution in [0.1, 0.15) is 0 Å². The number of nitrogens with zero attached hydrogens (tertiary/aromatic N) is 1. The Bertz CT molecular complexity index is 648. The summed E-state index contributed by atoms with van der Waals surface area (Å²) in [6, 6.07) is 7.67. The van der Waals surface area contributed by atoms with Crippen molar-refractivity contribution in [2.75, 3.05) is 0 Å². The zero-order valence-electron chi connectivity index (χ0n) is 10.0. The van der Waals surface area contributed by atoms with Gasteiger partial charge >= 0.3 is 33.3 Å². The first kappa shape index (κ1) is 17.3. The van der Waals surface area contributed by atoms with Crippen molar-refractivity contribution in [3.05, 3.63) is 51.9 Å². The van der Waals surface area contributed by atoms with Gasteiger partial charge in [-0.3, -0.25) is 10.5 Å². The summed E-state index contributed by atoms with van der Waals surface area (Å²) in [4.78, 5) is 11.7. The molecule has 20 heavy (non-hydrogen) atoms. The van der Waals surface area contributed by atoms with Gasteiger partial charge in [0.2, 0.25) is 0 Å². The van der Waals surface area contributed by atoms with Gasteiger partial charge in [-0.1, -0.05) is 24.3 Å². The molecule has 1 aliphatic rings. The van der Waals surface area contributed by atoms with E-state index in [1.807, 2.05) is 24.3 Å². The molecule has 4 nitrogen and oxygen atoms in total. The molecule has 1 aromatic rings. The average Bonchev–Trinajstić information content (AvgIpc) is 2.40. The number of carbonyl (C=O) groups excluding carboxylic acids is 1. The van der Waals surface area contributed by atoms with Crippen molar-refractivity contribution in [3.63, 3.8) is 0 Å². The summed E-state index contributed by atoms with van der Waals surface area (Å²) in [7, 11) is 9.53. The van der Waals surface area contributed by atoms with Gasteiger partial charge in [0.25, 0.3) is 0 Å². The quantitative estimate of drug-likeness (QED) is 0.196. The molecule has 0 heterocycles. The Balaban J connectivity index is 0.000000612. The Kier molecular flexibility index (Phi) is 8.02. The summed E-state index contributed by atoms with van der Waals surface area (Å²) in [5, 5.41) is 2.03. The maximum absolute atomic E-state index is 11.7. The number of allylic oxidation sites excluding steroid dienone is 1. The third-order valence-electron chi connectivity index (χ3n) is 2.28. The second-order valence-electron chi connectivity index (χ2n) is 3.53. The molecule has 0 aromatic heterocycles. The van der Waals surface area contributed by atoms with E-state index < -0.39 is 0 Å². The van der Waals surface area contributed by atoms with Crippen molar-refractivity contribution in [2.45, 2.75) is 0 Å². The third kappa shape index (κ3) is 5.73. The first-order valence-electron chi connectivity index (χ1n) is 5.24.